The summed E-state index contributed by atoms with van der Waals surface area (Å²) in [6, 6.07) is 0. The van der Waals surface area contributed by atoms with E-state index in [0.717, 1.165) is 0 Å². The predicted octanol–water partition coefficient (Wildman–Crippen LogP) is 5.69. The molecule has 0 radical (unpaired) electrons. The molecule has 0 aliphatic carbocycles. The van der Waals surface area contributed by atoms with E-state index in [0.29, 0.717) is 23.5 Å². The lowest BCUT2D eigenvalue weighted by Gasteiger charge is -1.81. The van der Waals surface area contributed by atoms with E-state index >= 15 is 0 Å². The Bertz CT molecular complexity index is 277. The second kappa shape index (κ2) is 36.4. The normalized spacial score (nSPS) is 7.76. The zero-order chi connectivity index (χ0) is 21.3. The summed E-state index contributed by atoms with van der Waals surface area (Å²) < 4.78 is -0.0162. The van der Waals surface area contributed by atoms with Gasteiger partial charge in [-0.25, -0.2) is 0 Å². The van der Waals surface area contributed by atoms with E-state index in [2.05, 4.69) is 60.4 Å². The number of hydrogen-bond acceptors (Lipinski definition) is 8. The van der Waals surface area contributed by atoms with Crippen molar-refractivity contribution in [3.63, 3.8) is 0 Å². The van der Waals surface area contributed by atoms with Crippen LogP contribution in [0.15, 0.2) is 0 Å². The molecule has 0 aromatic rings. The lowest BCUT2D eigenvalue weighted by atomic mass is 10.6. The fourth-order valence-electron chi connectivity index (χ4n) is 0.343. The zero-order valence-electron chi connectivity index (χ0n) is 15.3. The molecule has 0 bridgehead atoms. The molecule has 0 amide bonds. The highest BCUT2D eigenvalue weighted by molar-refractivity contribution is 9.19. The fourth-order valence-corrected chi connectivity index (χ4v) is 1.72. The van der Waals surface area contributed by atoms with Gasteiger partial charge in [0, 0.05) is 12.8 Å². The average molecular weight is 627 g/mol. The first-order chi connectivity index (χ1) is 11.7. The summed E-state index contributed by atoms with van der Waals surface area (Å²) in [5.41, 5.74) is 0. The number of rotatable bonds is 4. The van der Waals surface area contributed by atoms with E-state index in [1.807, 2.05) is 13.8 Å². The highest BCUT2D eigenvalue weighted by Gasteiger charge is 1.89. The van der Waals surface area contributed by atoms with Gasteiger partial charge in [0.05, 0.1) is 10.7 Å². The highest BCUT2D eigenvalue weighted by Crippen LogP contribution is 1.96. The van der Waals surface area contributed by atoms with Crippen molar-refractivity contribution in [2.24, 2.45) is 0 Å². The Kier molecular flexibility index (Phi) is 54.4. The van der Waals surface area contributed by atoms with Crippen LogP contribution in [0.5, 0.6) is 0 Å². The van der Waals surface area contributed by atoms with Gasteiger partial charge in [0.15, 0.2) is 15.3 Å². The molecule has 0 unspecified atom stereocenters. The minimum absolute atomic E-state index is 0.0162. The molecule has 25 heavy (non-hydrogen) atoms. The molecule has 0 fully saturated rings. The maximum Gasteiger partial charge on any atom is 0.208 e. The first-order valence-electron chi connectivity index (χ1n) is 6.65. The lowest BCUT2D eigenvalue weighted by Crippen LogP contribution is -1.87. The van der Waals surface area contributed by atoms with Crippen molar-refractivity contribution in [1.82, 2.24) is 0 Å². The van der Waals surface area contributed by atoms with Gasteiger partial charge in [-0.05, 0) is 41.0 Å². The van der Waals surface area contributed by atoms with Crippen LogP contribution >= 0.6 is 95.7 Å². The van der Waals surface area contributed by atoms with Crippen molar-refractivity contribution >= 4 is 116 Å². The van der Waals surface area contributed by atoms with Gasteiger partial charge in [-0.1, -0.05) is 81.0 Å². The van der Waals surface area contributed by atoms with Crippen LogP contribution in [0.1, 0.15) is 26.7 Å². The monoisotopic (exact) mass is 624 g/mol. The molecule has 11 heteroatoms. The molecular formula is C14H27Br3O4S4. The molecule has 0 aromatic carbocycles. The Labute approximate surface area is 195 Å². The van der Waals surface area contributed by atoms with E-state index in [-0.39, 0.29) is 20.0 Å². The number of alkyl halides is 2. The topological polar surface area (TPSA) is 68.3 Å². The third-order valence-electron chi connectivity index (χ3n) is 1.47. The molecule has 0 atom stereocenters. The van der Waals surface area contributed by atoms with Crippen LogP contribution in [0.4, 0.5) is 0 Å². The van der Waals surface area contributed by atoms with E-state index in [4.69, 9.17) is 0 Å². The van der Waals surface area contributed by atoms with Gasteiger partial charge < -0.3 is 0 Å². The lowest BCUT2D eigenvalue weighted by molar-refractivity contribution is -0.111. The van der Waals surface area contributed by atoms with Crippen LogP contribution in [0, 0.1) is 0 Å². The van der Waals surface area contributed by atoms with Crippen molar-refractivity contribution in [1.29, 1.82) is 0 Å². The summed E-state index contributed by atoms with van der Waals surface area (Å²) in [5.74, 6) is 0. The molecular weight excluding hydrogens is 600 g/mol. The van der Waals surface area contributed by atoms with Crippen LogP contribution < -0.4 is 0 Å². The van der Waals surface area contributed by atoms with Crippen molar-refractivity contribution in [2.75, 3.05) is 35.7 Å². The van der Waals surface area contributed by atoms with Crippen LogP contribution in [-0.4, -0.2) is 55.7 Å². The Morgan fingerprint density at radius 3 is 0.960 bits per heavy atom. The predicted molar refractivity (Wildman–Crippen MR) is 133 cm³/mol. The maximum absolute atomic E-state index is 10.1. The molecule has 0 spiro atoms. The third-order valence-corrected chi connectivity index (χ3v) is 5.98. The van der Waals surface area contributed by atoms with Gasteiger partial charge in [0.25, 0.3) is 0 Å². The number of thiol groups is 1. The standard InChI is InChI=1S/2C4H8OS.C3H5BrOS.C2H2Br2O.CH4S/c2*1-3-4(5)6-2;1-6-3(5)2-4;3-1-2(4)5;1-2/h2*3H2,1-2H3;2H2,1H3;1H2;2H,1H3. The minimum Gasteiger partial charge on any atom is -0.287 e. The SMILES string of the molecule is CCC(=O)SC.CCC(=O)SC.CS.CSC(=O)CBr.O=C(Br)CBr. The molecule has 0 rings (SSSR count). The smallest absolute Gasteiger partial charge is 0.208 e. The third kappa shape index (κ3) is 58.6. The zero-order valence-corrected chi connectivity index (χ0v) is 23.4. The molecule has 0 aliphatic heterocycles. The molecule has 0 aromatic heterocycles. The van der Waals surface area contributed by atoms with Crippen LogP contribution in [0.25, 0.3) is 0 Å². The highest BCUT2D eigenvalue weighted by atomic mass is 79.9. The number of halogens is 3. The summed E-state index contributed by atoms with van der Waals surface area (Å²) in [6.07, 6.45) is 8.36. The van der Waals surface area contributed by atoms with Gasteiger partial charge in [-0.15, -0.1) is 0 Å². The van der Waals surface area contributed by atoms with Crippen molar-refractivity contribution < 1.29 is 19.2 Å². The van der Waals surface area contributed by atoms with Crippen LogP contribution in [0.2, 0.25) is 0 Å². The average Bonchev–Trinajstić information content (AvgIpc) is 2.68. The summed E-state index contributed by atoms with van der Waals surface area (Å²) in [7, 11) is 0. The van der Waals surface area contributed by atoms with E-state index < -0.39 is 0 Å². The van der Waals surface area contributed by atoms with Crippen molar-refractivity contribution in [3.05, 3.63) is 0 Å². The van der Waals surface area contributed by atoms with E-state index in [9.17, 15) is 19.2 Å². The van der Waals surface area contributed by atoms with Gasteiger partial charge in [0.2, 0.25) is 4.69 Å². The Morgan fingerprint density at radius 2 is 0.960 bits per heavy atom. The summed E-state index contributed by atoms with van der Waals surface area (Å²) >= 11 is 15.9. The molecule has 0 aliphatic rings. The Balaban J connectivity index is -0.0000000689. The second-order valence-electron chi connectivity index (χ2n) is 3.06. The van der Waals surface area contributed by atoms with Gasteiger partial charge >= 0.3 is 0 Å². The molecule has 0 saturated carbocycles. The maximum atomic E-state index is 10.1. The Morgan fingerprint density at radius 1 is 0.720 bits per heavy atom. The first kappa shape index (κ1) is 37.3. The largest absolute Gasteiger partial charge is 0.287 e. The van der Waals surface area contributed by atoms with Gasteiger partial charge in [-0.2, -0.15) is 12.6 Å². The molecule has 4 nitrogen and oxygen atoms in total. The van der Waals surface area contributed by atoms with E-state index in [1.54, 1.807) is 25.0 Å². The fraction of sp³-hybridized carbons (Fsp3) is 0.714. The summed E-state index contributed by atoms with van der Waals surface area (Å²) in [5, 5.41) is 1.56. The molecule has 0 N–H and O–H groups in total. The number of carbonyl (C=O) groups excluding carboxylic acids is 4. The summed E-state index contributed by atoms with van der Waals surface area (Å²) in [6.45, 7) is 3.72. The second-order valence-corrected chi connectivity index (χ2v) is 7.65. The number of carbonyl (C=O) groups is 4. The molecule has 152 valence electrons. The van der Waals surface area contributed by atoms with Gasteiger partial charge in [0.1, 0.15) is 0 Å². The quantitative estimate of drug-likeness (QED) is 0.244. The summed E-state index contributed by atoms with van der Waals surface area (Å²) in [4.78, 5) is 40.1. The van der Waals surface area contributed by atoms with E-state index in [1.165, 1.54) is 35.3 Å². The van der Waals surface area contributed by atoms with Crippen LogP contribution in [-0.2, 0) is 19.2 Å². The minimum atomic E-state index is -0.0162. The first-order valence-corrected chi connectivity index (χ1v) is 14.3. The van der Waals surface area contributed by atoms with Crippen molar-refractivity contribution in [2.45, 2.75) is 26.7 Å². The number of thioether (sulfide) groups is 3. The molecule has 0 heterocycles. The number of hydrogen-bond donors (Lipinski definition) is 1. The Hall–Kier alpha value is 1.52. The van der Waals surface area contributed by atoms with Crippen molar-refractivity contribution in [3.8, 4) is 0 Å². The van der Waals surface area contributed by atoms with Crippen LogP contribution in [0.3, 0.4) is 0 Å². The van der Waals surface area contributed by atoms with Gasteiger partial charge in [-0.3, -0.25) is 19.2 Å². The molecule has 0 saturated heterocycles.